The van der Waals surface area contributed by atoms with Crippen molar-refractivity contribution in [2.45, 2.75) is 45.6 Å². The summed E-state index contributed by atoms with van der Waals surface area (Å²) in [6, 6.07) is 0. The van der Waals surface area contributed by atoms with Gasteiger partial charge in [-0.3, -0.25) is 9.69 Å². The van der Waals surface area contributed by atoms with Crippen LogP contribution in [0.5, 0.6) is 0 Å². The normalized spacial score (nSPS) is 32.1. The smallest absolute Gasteiger partial charge is 0.307 e. The monoisotopic (exact) mass is 269 g/mol. The molecule has 19 heavy (non-hydrogen) atoms. The van der Waals surface area contributed by atoms with Gasteiger partial charge in [-0.15, -0.1) is 0 Å². The first-order valence-corrected chi connectivity index (χ1v) is 7.56. The summed E-state index contributed by atoms with van der Waals surface area (Å²) in [5.41, 5.74) is 0.0466. The van der Waals surface area contributed by atoms with Crippen LogP contribution < -0.4 is 0 Å². The fraction of sp³-hybridized carbons (Fsp3) is 0.933. The van der Waals surface area contributed by atoms with Gasteiger partial charge in [-0.05, 0) is 31.6 Å². The number of ether oxygens (including phenoxy) is 2. The molecule has 0 unspecified atom stereocenters. The first kappa shape index (κ1) is 14.8. The van der Waals surface area contributed by atoms with Crippen LogP contribution in [0.15, 0.2) is 0 Å². The molecule has 110 valence electrons. The van der Waals surface area contributed by atoms with Crippen molar-refractivity contribution in [3.8, 4) is 0 Å². The van der Waals surface area contributed by atoms with E-state index in [2.05, 4.69) is 18.7 Å². The molecule has 1 saturated carbocycles. The number of hydrogen-bond donors (Lipinski definition) is 0. The van der Waals surface area contributed by atoms with Gasteiger partial charge in [0.15, 0.2) is 0 Å². The molecule has 0 radical (unpaired) electrons. The molecule has 0 aromatic heterocycles. The number of hydrogen-bond acceptors (Lipinski definition) is 4. The Morgan fingerprint density at radius 1 is 1.37 bits per heavy atom. The highest BCUT2D eigenvalue weighted by molar-refractivity contribution is 5.71. The van der Waals surface area contributed by atoms with Crippen molar-refractivity contribution in [3.05, 3.63) is 0 Å². The minimum absolute atomic E-state index is 0.0452. The molecule has 4 heteroatoms. The van der Waals surface area contributed by atoms with Crippen molar-refractivity contribution in [2.24, 2.45) is 11.8 Å². The number of rotatable bonds is 5. The van der Waals surface area contributed by atoms with Crippen LogP contribution in [0.4, 0.5) is 0 Å². The highest BCUT2D eigenvalue weighted by Gasteiger charge is 2.50. The fourth-order valence-corrected chi connectivity index (χ4v) is 3.42. The predicted octanol–water partition coefficient (Wildman–Crippen LogP) is 2.08. The minimum atomic E-state index is -0.0452. The van der Waals surface area contributed by atoms with Crippen molar-refractivity contribution in [3.63, 3.8) is 0 Å². The molecular weight excluding hydrogens is 242 g/mol. The van der Waals surface area contributed by atoms with Gasteiger partial charge in [-0.25, -0.2) is 0 Å². The molecule has 2 rings (SSSR count). The van der Waals surface area contributed by atoms with E-state index in [-0.39, 0.29) is 11.5 Å². The summed E-state index contributed by atoms with van der Waals surface area (Å²) in [4.78, 5) is 14.4. The van der Waals surface area contributed by atoms with Crippen molar-refractivity contribution >= 4 is 5.97 Å². The van der Waals surface area contributed by atoms with Crippen LogP contribution in [-0.2, 0) is 14.3 Å². The van der Waals surface area contributed by atoms with Gasteiger partial charge in [0.1, 0.15) is 0 Å². The number of carbonyl (C=O) groups is 1. The first-order valence-electron chi connectivity index (χ1n) is 7.56. The fourth-order valence-electron chi connectivity index (χ4n) is 3.42. The second-order valence-electron chi connectivity index (χ2n) is 6.22. The van der Waals surface area contributed by atoms with Crippen LogP contribution in [-0.4, -0.2) is 49.3 Å². The summed E-state index contributed by atoms with van der Waals surface area (Å²) < 4.78 is 10.6. The van der Waals surface area contributed by atoms with E-state index < -0.39 is 0 Å². The zero-order valence-electron chi connectivity index (χ0n) is 12.5. The SMILES string of the molecule is CCOC(=O)CC1(N2CCOCC2)CC(C(C)C)C1. The van der Waals surface area contributed by atoms with Crippen LogP contribution in [0.2, 0.25) is 0 Å². The van der Waals surface area contributed by atoms with Crippen molar-refractivity contribution in [2.75, 3.05) is 32.9 Å². The van der Waals surface area contributed by atoms with Crippen molar-refractivity contribution in [1.29, 1.82) is 0 Å². The average Bonchev–Trinajstić information content (AvgIpc) is 2.34. The van der Waals surface area contributed by atoms with Gasteiger partial charge in [0.25, 0.3) is 0 Å². The molecule has 1 saturated heterocycles. The van der Waals surface area contributed by atoms with E-state index in [4.69, 9.17) is 9.47 Å². The van der Waals surface area contributed by atoms with Gasteiger partial charge in [-0.1, -0.05) is 13.8 Å². The lowest BCUT2D eigenvalue weighted by molar-refractivity contribution is -0.154. The summed E-state index contributed by atoms with van der Waals surface area (Å²) in [5.74, 6) is 1.41. The molecule has 2 fully saturated rings. The van der Waals surface area contributed by atoms with Gasteiger partial charge >= 0.3 is 5.97 Å². The van der Waals surface area contributed by atoms with Crippen LogP contribution in [0.3, 0.4) is 0 Å². The average molecular weight is 269 g/mol. The first-order chi connectivity index (χ1) is 9.07. The second-order valence-corrected chi connectivity index (χ2v) is 6.22. The standard InChI is InChI=1S/C15H27NO3/c1-4-19-14(17)11-15(9-13(10-15)12(2)3)16-5-7-18-8-6-16/h12-13H,4-11H2,1-3H3. The van der Waals surface area contributed by atoms with Gasteiger partial charge < -0.3 is 9.47 Å². The van der Waals surface area contributed by atoms with E-state index in [9.17, 15) is 4.79 Å². The molecule has 1 aliphatic carbocycles. The molecule has 2 aliphatic rings. The van der Waals surface area contributed by atoms with Gasteiger partial charge in [-0.2, -0.15) is 0 Å². The molecule has 1 aliphatic heterocycles. The van der Waals surface area contributed by atoms with Crippen LogP contribution in [0, 0.1) is 11.8 Å². The number of carbonyl (C=O) groups excluding carboxylic acids is 1. The summed E-state index contributed by atoms with van der Waals surface area (Å²) in [6.45, 7) is 10.4. The maximum atomic E-state index is 11.9. The predicted molar refractivity (Wildman–Crippen MR) is 73.9 cm³/mol. The van der Waals surface area contributed by atoms with Crippen LogP contribution in [0.1, 0.15) is 40.0 Å². The van der Waals surface area contributed by atoms with Crippen LogP contribution in [0.25, 0.3) is 0 Å². The Hall–Kier alpha value is -0.610. The molecule has 0 bridgehead atoms. The Morgan fingerprint density at radius 3 is 2.53 bits per heavy atom. The van der Waals surface area contributed by atoms with E-state index in [1.165, 1.54) is 0 Å². The lowest BCUT2D eigenvalue weighted by Gasteiger charge is -2.56. The summed E-state index contributed by atoms with van der Waals surface area (Å²) >= 11 is 0. The quantitative estimate of drug-likeness (QED) is 0.716. The highest BCUT2D eigenvalue weighted by atomic mass is 16.5. The molecule has 0 amide bonds. The number of nitrogens with zero attached hydrogens (tertiary/aromatic N) is 1. The minimum Gasteiger partial charge on any atom is -0.466 e. The molecule has 0 spiro atoms. The Balaban J connectivity index is 1.99. The van der Waals surface area contributed by atoms with Gasteiger partial charge in [0.05, 0.1) is 26.2 Å². The van der Waals surface area contributed by atoms with E-state index in [1.807, 2.05) is 6.92 Å². The maximum Gasteiger partial charge on any atom is 0.307 e. The Labute approximate surface area is 116 Å². The van der Waals surface area contributed by atoms with Crippen molar-refractivity contribution < 1.29 is 14.3 Å². The largest absolute Gasteiger partial charge is 0.466 e. The molecule has 0 N–H and O–H groups in total. The lowest BCUT2D eigenvalue weighted by Crippen LogP contribution is -2.62. The van der Waals surface area contributed by atoms with Gasteiger partial charge in [0, 0.05) is 18.6 Å². The lowest BCUT2D eigenvalue weighted by atomic mass is 9.61. The molecular formula is C15H27NO3. The number of esters is 1. The molecule has 0 aromatic carbocycles. The van der Waals surface area contributed by atoms with E-state index in [1.54, 1.807) is 0 Å². The van der Waals surface area contributed by atoms with E-state index in [0.29, 0.717) is 18.9 Å². The van der Waals surface area contributed by atoms with E-state index >= 15 is 0 Å². The molecule has 1 heterocycles. The van der Waals surface area contributed by atoms with Crippen LogP contribution >= 0.6 is 0 Å². The highest BCUT2D eigenvalue weighted by Crippen LogP contribution is 2.48. The third-order valence-electron chi connectivity index (χ3n) is 4.69. The third-order valence-corrected chi connectivity index (χ3v) is 4.69. The Morgan fingerprint density at radius 2 is 2.00 bits per heavy atom. The zero-order chi connectivity index (χ0) is 13.9. The zero-order valence-corrected chi connectivity index (χ0v) is 12.5. The number of morpholine rings is 1. The Kier molecular flexibility index (Phi) is 4.85. The topological polar surface area (TPSA) is 38.8 Å². The third kappa shape index (κ3) is 3.29. The second kappa shape index (κ2) is 6.23. The maximum absolute atomic E-state index is 11.9. The molecule has 0 atom stereocenters. The Bertz CT molecular complexity index is 305. The van der Waals surface area contributed by atoms with Crippen molar-refractivity contribution in [1.82, 2.24) is 4.90 Å². The summed E-state index contributed by atoms with van der Waals surface area (Å²) in [6.07, 6.45) is 2.80. The molecule has 0 aromatic rings. The summed E-state index contributed by atoms with van der Waals surface area (Å²) in [5, 5.41) is 0. The van der Waals surface area contributed by atoms with Gasteiger partial charge in [0.2, 0.25) is 0 Å². The van der Waals surface area contributed by atoms with E-state index in [0.717, 1.165) is 45.1 Å². The summed E-state index contributed by atoms with van der Waals surface area (Å²) in [7, 11) is 0. The molecule has 4 nitrogen and oxygen atoms in total.